The molecule has 0 amide bonds. The lowest BCUT2D eigenvalue weighted by Gasteiger charge is -2.32. The van der Waals surface area contributed by atoms with Crippen LogP contribution in [0.3, 0.4) is 0 Å². The fourth-order valence-corrected chi connectivity index (χ4v) is 1.33. The van der Waals surface area contributed by atoms with Crippen molar-refractivity contribution in [2.24, 2.45) is 0 Å². The van der Waals surface area contributed by atoms with Gasteiger partial charge in [-0.15, -0.1) is 11.6 Å². The van der Waals surface area contributed by atoms with Crippen LogP contribution in [0.1, 0.15) is 41.0 Å². The Morgan fingerprint density at radius 3 is 1.85 bits per heavy atom. The lowest BCUT2D eigenvalue weighted by molar-refractivity contribution is 0.00578. The first-order valence-corrected chi connectivity index (χ1v) is 5.23. The third-order valence-electron chi connectivity index (χ3n) is 2.96. The highest BCUT2D eigenvalue weighted by Gasteiger charge is 2.53. The summed E-state index contributed by atoms with van der Waals surface area (Å²) in [5.41, 5.74) is -0.528. The maximum absolute atomic E-state index is 6.08. The summed E-state index contributed by atoms with van der Waals surface area (Å²) in [5, 5.41) is -0.0546. The minimum Gasteiger partial charge on any atom is -0.402 e. The summed E-state index contributed by atoms with van der Waals surface area (Å²) in [6.07, 6.45) is 0.860. The van der Waals surface area contributed by atoms with E-state index in [1.165, 1.54) is 0 Å². The van der Waals surface area contributed by atoms with Crippen molar-refractivity contribution >= 4 is 18.7 Å². The molecule has 1 atom stereocenters. The summed E-state index contributed by atoms with van der Waals surface area (Å²) in [6, 6.07) is 0. The predicted molar refractivity (Wildman–Crippen MR) is 56.0 cm³/mol. The van der Waals surface area contributed by atoms with Gasteiger partial charge in [-0.05, 0) is 34.1 Å². The van der Waals surface area contributed by atoms with E-state index >= 15 is 0 Å². The van der Waals surface area contributed by atoms with Crippen LogP contribution < -0.4 is 0 Å². The van der Waals surface area contributed by atoms with Crippen LogP contribution in [-0.4, -0.2) is 23.6 Å². The van der Waals surface area contributed by atoms with Gasteiger partial charge in [0.15, 0.2) is 0 Å². The monoisotopic (exact) mass is 204 g/mol. The highest BCUT2D eigenvalue weighted by molar-refractivity contribution is 6.59. The number of hydrogen-bond donors (Lipinski definition) is 0. The average Bonchev–Trinajstić information content (AvgIpc) is 2.20. The first kappa shape index (κ1) is 11.4. The Kier molecular flexibility index (Phi) is 3.01. The topological polar surface area (TPSA) is 18.5 Å². The van der Waals surface area contributed by atoms with Crippen molar-refractivity contribution in [2.45, 2.75) is 57.5 Å². The molecule has 2 nitrogen and oxygen atoms in total. The lowest BCUT2D eigenvalue weighted by Crippen LogP contribution is -2.41. The SMILES string of the molecule is CCC(Cl)B1OC(C)(C)C(C)(C)O1. The van der Waals surface area contributed by atoms with Crippen LogP contribution in [0.15, 0.2) is 0 Å². The molecule has 0 aromatic carbocycles. The summed E-state index contributed by atoms with van der Waals surface area (Å²) >= 11 is 6.08. The lowest BCUT2D eigenvalue weighted by atomic mass is 9.83. The zero-order valence-corrected chi connectivity index (χ0v) is 9.81. The fourth-order valence-electron chi connectivity index (χ4n) is 1.23. The predicted octanol–water partition coefficient (Wildman–Crippen LogP) is 2.64. The van der Waals surface area contributed by atoms with Gasteiger partial charge in [0.1, 0.15) is 0 Å². The Morgan fingerprint density at radius 2 is 1.54 bits per heavy atom. The Hall–Kier alpha value is 0.275. The highest BCUT2D eigenvalue weighted by atomic mass is 35.5. The van der Waals surface area contributed by atoms with Crippen molar-refractivity contribution in [3.63, 3.8) is 0 Å². The molecule has 0 aromatic heterocycles. The summed E-state index contributed by atoms with van der Waals surface area (Å²) in [6.45, 7) is 10.2. The summed E-state index contributed by atoms with van der Waals surface area (Å²) in [7, 11) is -0.267. The molecule has 1 fully saturated rings. The average molecular weight is 205 g/mol. The van der Waals surface area contributed by atoms with Crippen molar-refractivity contribution in [1.29, 1.82) is 0 Å². The molecule has 0 spiro atoms. The van der Waals surface area contributed by atoms with Crippen LogP contribution in [0.25, 0.3) is 0 Å². The molecule has 1 aliphatic heterocycles. The van der Waals surface area contributed by atoms with Crippen LogP contribution >= 0.6 is 11.6 Å². The number of halogens is 1. The van der Waals surface area contributed by atoms with Gasteiger partial charge < -0.3 is 9.31 Å². The molecule has 0 N–H and O–H groups in total. The smallest absolute Gasteiger partial charge is 0.402 e. The van der Waals surface area contributed by atoms with Gasteiger partial charge >= 0.3 is 7.12 Å². The first-order valence-electron chi connectivity index (χ1n) is 4.80. The molecule has 1 rings (SSSR count). The van der Waals surface area contributed by atoms with Crippen molar-refractivity contribution in [3.8, 4) is 0 Å². The van der Waals surface area contributed by atoms with E-state index in [9.17, 15) is 0 Å². The van der Waals surface area contributed by atoms with Gasteiger partial charge in [0.05, 0.1) is 16.5 Å². The Bertz CT molecular complexity index is 178. The second-order valence-electron chi connectivity index (χ2n) is 4.55. The zero-order valence-electron chi connectivity index (χ0n) is 9.06. The van der Waals surface area contributed by atoms with Crippen LogP contribution in [0, 0.1) is 0 Å². The third kappa shape index (κ3) is 2.03. The molecule has 0 aromatic rings. The Morgan fingerprint density at radius 1 is 1.15 bits per heavy atom. The molecular formula is C9H18BClO2. The maximum atomic E-state index is 6.08. The van der Waals surface area contributed by atoms with Crippen LogP contribution in [0.5, 0.6) is 0 Å². The molecule has 0 saturated carbocycles. The number of rotatable bonds is 2. The van der Waals surface area contributed by atoms with E-state index in [1.807, 2.05) is 34.6 Å². The molecule has 1 unspecified atom stereocenters. The van der Waals surface area contributed by atoms with E-state index in [-0.39, 0.29) is 23.6 Å². The minimum atomic E-state index is -0.267. The first-order chi connectivity index (χ1) is 5.80. The number of hydrogen-bond acceptors (Lipinski definition) is 2. The zero-order chi connectivity index (χ0) is 10.3. The normalized spacial score (nSPS) is 27.7. The molecule has 1 aliphatic rings. The van der Waals surface area contributed by atoms with Crippen molar-refractivity contribution in [1.82, 2.24) is 0 Å². The second kappa shape index (κ2) is 3.45. The molecular weight excluding hydrogens is 186 g/mol. The van der Waals surface area contributed by atoms with Gasteiger partial charge in [0, 0.05) is 0 Å². The van der Waals surface area contributed by atoms with Crippen LogP contribution in [-0.2, 0) is 9.31 Å². The maximum Gasteiger partial charge on any atom is 0.476 e. The number of alkyl halides is 1. The standard InChI is InChI=1S/C9H18BClO2/c1-6-7(11)10-12-8(2,3)9(4,5)13-10/h7H,6H2,1-5H3. The van der Waals surface area contributed by atoms with Crippen molar-refractivity contribution in [2.75, 3.05) is 0 Å². The summed E-state index contributed by atoms with van der Waals surface area (Å²) in [5.74, 6) is 0. The van der Waals surface area contributed by atoms with Gasteiger partial charge in [0.2, 0.25) is 0 Å². The molecule has 0 radical (unpaired) electrons. The van der Waals surface area contributed by atoms with Crippen molar-refractivity contribution in [3.05, 3.63) is 0 Å². The van der Waals surface area contributed by atoms with E-state index in [1.54, 1.807) is 0 Å². The van der Waals surface area contributed by atoms with E-state index in [0.717, 1.165) is 6.42 Å². The molecule has 4 heteroatoms. The molecule has 0 aliphatic carbocycles. The van der Waals surface area contributed by atoms with Crippen LogP contribution in [0.2, 0.25) is 0 Å². The largest absolute Gasteiger partial charge is 0.476 e. The van der Waals surface area contributed by atoms with E-state index in [0.29, 0.717) is 0 Å². The van der Waals surface area contributed by atoms with Gasteiger partial charge in [0.25, 0.3) is 0 Å². The highest BCUT2D eigenvalue weighted by Crippen LogP contribution is 2.38. The fraction of sp³-hybridized carbons (Fsp3) is 1.00. The quantitative estimate of drug-likeness (QED) is 0.509. The summed E-state index contributed by atoms with van der Waals surface area (Å²) < 4.78 is 11.5. The minimum absolute atomic E-state index is 0.0546. The van der Waals surface area contributed by atoms with E-state index < -0.39 is 0 Å². The molecule has 76 valence electrons. The van der Waals surface area contributed by atoms with E-state index in [2.05, 4.69) is 0 Å². The molecule has 1 heterocycles. The third-order valence-corrected chi connectivity index (χ3v) is 3.47. The molecule has 1 saturated heterocycles. The molecule has 13 heavy (non-hydrogen) atoms. The summed E-state index contributed by atoms with van der Waals surface area (Å²) in [4.78, 5) is 0. The van der Waals surface area contributed by atoms with E-state index in [4.69, 9.17) is 20.9 Å². The van der Waals surface area contributed by atoms with Crippen molar-refractivity contribution < 1.29 is 9.31 Å². The van der Waals surface area contributed by atoms with Gasteiger partial charge in [-0.1, -0.05) is 6.92 Å². The Balaban J connectivity index is 2.70. The van der Waals surface area contributed by atoms with Gasteiger partial charge in [-0.25, -0.2) is 0 Å². The Labute approximate surface area is 86.1 Å². The van der Waals surface area contributed by atoms with Gasteiger partial charge in [-0.2, -0.15) is 0 Å². The second-order valence-corrected chi connectivity index (χ2v) is 5.11. The van der Waals surface area contributed by atoms with Crippen LogP contribution in [0.4, 0.5) is 0 Å². The molecule has 0 bridgehead atoms. The van der Waals surface area contributed by atoms with Gasteiger partial charge in [-0.3, -0.25) is 0 Å².